The van der Waals surface area contributed by atoms with Crippen molar-refractivity contribution in [3.63, 3.8) is 0 Å². The van der Waals surface area contributed by atoms with E-state index in [1.807, 2.05) is 19.2 Å². The van der Waals surface area contributed by atoms with E-state index >= 15 is 0 Å². The highest BCUT2D eigenvalue weighted by Crippen LogP contribution is 2.31. The van der Waals surface area contributed by atoms with Gasteiger partial charge in [-0.05, 0) is 25.3 Å². The lowest BCUT2D eigenvalue weighted by molar-refractivity contribution is 0.00478. The third kappa shape index (κ3) is 4.15. The lowest BCUT2D eigenvalue weighted by Gasteiger charge is -2.31. The van der Waals surface area contributed by atoms with Gasteiger partial charge in [0, 0.05) is 30.7 Å². The molecule has 0 amide bonds. The van der Waals surface area contributed by atoms with Crippen LogP contribution in [0.5, 0.6) is 0 Å². The van der Waals surface area contributed by atoms with E-state index in [-0.39, 0.29) is 0 Å². The molecule has 1 aromatic carbocycles. The first-order valence-corrected chi connectivity index (χ1v) is 8.85. The van der Waals surface area contributed by atoms with E-state index < -0.39 is 5.60 Å². The molecule has 1 saturated carbocycles. The Balaban J connectivity index is 1.72. The molecule has 0 bridgehead atoms. The summed E-state index contributed by atoms with van der Waals surface area (Å²) in [6.07, 6.45) is 6.13. The summed E-state index contributed by atoms with van der Waals surface area (Å²) in [5, 5.41) is 11.9. The molecule has 1 fully saturated rings. The van der Waals surface area contributed by atoms with E-state index in [9.17, 15) is 5.11 Å². The topological polar surface area (TPSA) is 36.4 Å². The van der Waals surface area contributed by atoms with Crippen molar-refractivity contribution < 1.29 is 5.11 Å². The first kappa shape index (κ1) is 15.7. The van der Waals surface area contributed by atoms with E-state index in [1.54, 1.807) is 11.3 Å². The fraction of sp³-hybridized carbons (Fsp3) is 0.500. The molecular weight excluding hydrogens is 292 g/mol. The zero-order chi connectivity index (χ0) is 15.4. The molecule has 3 rings (SSSR count). The number of thiazole rings is 1. The number of aromatic nitrogens is 1. The van der Waals surface area contributed by atoms with Gasteiger partial charge in [0.1, 0.15) is 0 Å². The van der Waals surface area contributed by atoms with Crippen LogP contribution in [-0.2, 0) is 13.1 Å². The molecule has 0 unspecified atom stereocenters. The number of nitrogens with zero attached hydrogens (tertiary/aromatic N) is 2. The molecule has 1 aliphatic rings. The zero-order valence-corrected chi connectivity index (χ0v) is 14.0. The van der Waals surface area contributed by atoms with Gasteiger partial charge in [-0.25, -0.2) is 4.98 Å². The summed E-state index contributed by atoms with van der Waals surface area (Å²) < 4.78 is 0. The van der Waals surface area contributed by atoms with Crippen LogP contribution < -0.4 is 0 Å². The maximum Gasteiger partial charge on any atom is 0.0897 e. The highest BCUT2D eigenvalue weighted by atomic mass is 32.1. The zero-order valence-electron chi connectivity index (χ0n) is 13.2. The fourth-order valence-electron chi connectivity index (χ4n) is 3.32. The summed E-state index contributed by atoms with van der Waals surface area (Å²) in [5.41, 5.74) is 0.791. The van der Waals surface area contributed by atoms with E-state index in [1.165, 1.54) is 10.4 Å². The third-order valence-corrected chi connectivity index (χ3v) is 5.25. The van der Waals surface area contributed by atoms with Crippen molar-refractivity contribution in [3.05, 3.63) is 52.0 Å². The smallest absolute Gasteiger partial charge is 0.0897 e. The second-order valence-electron chi connectivity index (χ2n) is 6.41. The monoisotopic (exact) mass is 316 g/mol. The first-order valence-electron chi connectivity index (χ1n) is 8.03. The van der Waals surface area contributed by atoms with Crippen LogP contribution in [0.25, 0.3) is 0 Å². The Morgan fingerprint density at radius 3 is 2.55 bits per heavy atom. The van der Waals surface area contributed by atoms with E-state index in [0.29, 0.717) is 0 Å². The van der Waals surface area contributed by atoms with Crippen LogP contribution in [0.4, 0.5) is 0 Å². The van der Waals surface area contributed by atoms with Gasteiger partial charge in [0.2, 0.25) is 0 Å². The Morgan fingerprint density at radius 2 is 1.91 bits per heavy atom. The van der Waals surface area contributed by atoms with Crippen LogP contribution in [0.3, 0.4) is 0 Å². The summed E-state index contributed by atoms with van der Waals surface area (Å²) in [6.45, 7) is 4.53. The molecule has 1 heterocycles. The molecule has 0 radical (unpaired) electrons. The standard InChI is InChI=1S/C18H24N2OS/c1-15-19-11-17(22-15)13-20(12-16-7-3-2-4-8-16)14-18(21)9-5-6-10-18/h2-4,7-8,11,21H,5-6,9-10,12-14H2,1H3. The molecule has 118 valence electrons. The number of hydrogen-bond acceptors (Lipinski definition) is 4. The summed E-state index contributed by atoms with van der Waals surface area (Å²) in [6, 6.07) is 10.5. The SMILES string of the molecule is Cc1ncc(CN(Cc2ccccc2)CC2(O)CCCC2)s1. The average molecular weight is 316 g/mol. The highest BCUT2D eigenvalue weighted by molar-refractivity contribution is 7.11. The van der Waals surface area contributed by atoms with Crippen LogP contribution in [-0.4, -0.2) is 27.1 Å². The van der Waals surface area contributed by atoms with Crippen LogP contribution in [0.1, 0.15) is 41.1 Å². The molecule has 0 atom stereocenters. The van der Waals surface area contributed by atoms with Gasteiger partial charge < -0.3 is 5.11 Å². The van der Waals surface area contributed by atoms with Crippen molar-refractivity contribution in [1.82, 2.24) is 9.88 Å². The Kier molecular flexibility index (Phi) is 4.91. The first-order chi connectivity index (χ1) is 10.6. The number of rotatable bonds is 6. The minimum absolute atomic E-state index is 0.505. The predicted octanol–water partition coefficient (Wildman–Crippen LogP) is 3.76. The van der Waals surface area contributed by atoms with Crippen LogP contribution in [0.15, 0.2) is 36.5 Å². The number of aryl methyl sites for hydroxylation is 1. The second kappa shape index (κ2) is 6.90. The van der Waals surface area contributed by atoms with Gasteiger partial charge in [-0.2, -0.15) is 0 Å². The second-order valence-corrected chi connectivity index (χ2v) is 7.73. The maximum absolute atomic E-state index is 10.8. The largest absolute Gasteiger partial charge is 0.389 e. The average Bonchev–Trinajstić information content (AvgIpc) is 3.09. The van der Waals surface area contributed by atoms with Crippen molar-refractivity contribution in [2.75, 3.05) is 6.54 Å². The maximum atomic E-state index is 10.8. The summed E-state index contributed by atoms with van der Waals surface area (Å²) >= 11 is 1.75. The van der Waals surface area contributed by atoms with Gasteiger partial charge in [-0.15, -0.1) is 11.3 Å². The number of hydrogen-bond donors (Lipinski definition) is 1. The quantitative estimate of drug-likeness (QED) is 0.881. The Morgan fingerprint density at radius 1 is 1.18 bits per heavy atom. The molecule has 4 heteroatoms. The van der Waals surface area contributed by atoms with Gasteiger partial charge in [0.25, 0.3) is 0 Å². The summed E-state index contributed by atoms with van der Waals surface area (Å²) in [7, 11) is 0. The van der Waals surface area contributed by atoms with E-state index in [4.69, 9.17) is 0 Å². The minimum Gasteiger partial charge on any atom is -0.389 e. The Hall–Kier alpha value is -1.23. The summed E-state index contributed by atoms with van der Waals surface area (Å²) in [5.74, 6) is 0. The van der Waals surface area contributed by atoms with Gasteiger partial charge in [-0.1, -0.05) is 43.2 Å². The van der Waals surface area contributed by atoms with Gasteiger partial charge >= 0.3 is 0 Å². The molecule has 22 heavy (non-hydrogen) atoms. The molecule has 2 aromatic rings. The van der Waals surface area contributed by atoms with Crippen molar-refractivity contribution in [2.24, 2.45) is 0 Å². The molecule has 0 saturated heterocycles. The normalized spacial score (nSPS) is 17.2. The Labute approximate surface area is 136 Å². The molecule has 1 N–H and O–H groups in total. The van der Waals surface area contributed by atoms with Crippen molar-refractivity contribution in [3.8, 4) is 0 Å². The van der Waals surface area contributed by atoms with Crippen molar-refractivity contribution in [2.45, 2.75) is 51.3 Å². The van der Waals surface area contributed by atoms with Gasteiger partial charge in [-0.3, -0.25) is 4.90 Å². The lowest BCUT2D eigenvalue weighted by Crippen LogP contribution is -2.40. The number of benzene rings is 1. The van der Waals surface area contributed by atoms with E-state index in [2.05, 4.69) is 34.1 Å². The minimum atomic E-state index is -0.505. The van der Waals surface area contributed by atoms with Crippen molar-refractivity contribution >= 4 is 11.3 Å². The molecule has 3 nitrogen and oxygen atoms in total. The molecule has 0 aliphatic heterocycles. The predicted molar refractivity (Wildman–Crippen MR) is 90.8 cm³/mol. The summed E-state index contributed by atoms with van der Waals surface area (Å²) in [4.78, 5) is 8.00. The molecule has 1 aliphatic carbocycles. The molecule has 1 aromatic heterocycles. The molecule has 0 spiro atoms. The van der Waals surface area contributed by atoms with Crippen molar-refractivity contribution in [1.29, 1.82) is 0 Å². The number of aliphatic hydroxyl groups is 1. The van der Waals surface area contributed by atoms with Crippen LogP contribution in [0, 0.1) is 6.92 Å². The van der Waals surface area contributed by atoms with Crippen LogP contribution in [0.2, 0.25) is 0 Å². The van der Waals surface area contributed by atoms with Crippen LogP contribution >= 0.6 is 11.3 Å². The molecular formula is C18H24N2OS. The third-order valence-electron chi connectivity index (χ3n) is 4.35. The Bertz CT molecular complexity index is 590. The highest BCUT2D eigenvalue weighted by Gasteiger charge is 2.33. The van der Waals surface area contributed by atoms with Gasteiger partial charge in [0.05, 0.1) is 10.6 Å². The lowest BCUT2D eigenvalue weighted by atomic mass is 10.0. The van der Waals surface area contributed by atoms with E-state index in [0.717, 1.165) is 50.3 Å². The fourth-order valence-corrected chi connectivity index (χ4v) is 4.15. The van der Waals surface area contributed by atoms with Gasteiger partial charge in [0.15, 0.2) is 0 Å².